The Labute approximate surface area is 539 Å². The number of halogens is 4. The predicted molar refractivity (Wildman–Crippen MR) is 361 cm³/mol. The fourth-order valence-corrected chi connectivity index (χ4v) is 9.94. The molecule has 12 N–H and O–H groups in total. The molecular weight excluding hydrogens is 1170 g/mol. The number of rotatable bonds is 15. The Kier molecular flexibility index (Phi) is 57.8. The van der Waals surface area contributed by atoms with Crippen LogP contribution in [0.25, 0.3) is 0 Å². The summed E-state index contributed by atoms with van der Waals surface area (Å²) in [4.78, 5) is 57.9. The Hall–Kier alpha value is -1.78. The number of hydrogen-bond donors (Lipinski definition) is 10. The molecule has 0 bridgehead atoms. The molecule has 8 aliphatic rings. The predicted octanol–water partition coefficient (Wildman–Crippen LogP) is 5.27. The minimum absolute atomic E-state index is 0. The molecule has 0 aromatic heterocycles. The number of hydrogen-bond acceptors (Lipinski definition) is 17. The van der Waals surface area contributed by atoms with Crippen LogP contribution in [-0.4, -0.2) is 273 Å². The normalized spacial score (nSPS) is 20.2. The van der Waals surface area contributed by atoms with Crippen molar-refractivity contribution in [1.82, 2.24) is 66.5 Å². The molecule has 5 amide bonds. The maximum absolute atomic E-state index is 11.6. The zero-order valence-electron chi connectivity index (χ0n) is 53.5. The van der Waals surface area contributed by atoms with Crippen molar-refractivity contribution in [2.45, 2.75) is 174 Å². The number of ketones is 1. The van der Waals surface area contributed by atoms with Gasteiger partial charge in [-0.05, 0) is 237 Å². The van der Waals surface area contributed by atoms with Crippen molar-refractivity contribution in [2.24, 2.45) is 11.5 Å². The van der Waals surface area contributed by atoms with Crippen LogP contribution in [-0.2, 0) is 14.3 Å². The van der Waals surface area contributed by atoms with E-state index in [0.29, 0.717) is 37.0 Å². The maximum atomic E-state index is 11.6. The van der Waals surface area contributed by atoms with Crippen LogP contribution in [0.4, 0.5) is 14.4 Å². The third-order valence-corrected chi connectivity index (χ3v) is 15.0. The van der Waals surface area contributed by atoms with E-state index in [2.05, 4.69) is 77.9 Å². The average molecular weight is 1300 g/mol. The summed E-state index contributed by atoms with van der Waals surface area (Å²) >= 11 is 9.53. The third kappa shape index (κ3) is 48.7. The van der Waals surface area contributed by atoms with Crippen molar-refractivity contribution >= 4 is 79.0 Å². The van der Waals surface area contributed by atoms with Gasteiger partial charge >= 0.3 is 25.2 Å². The van der Waals surface area contributed by atoms with E-state index >= 15 is 0 Å². The highest BCUT2D eigenvalue weighted by atomic mass is 35.5. The molecule has 506 valence electrons. The topological polar surface area (TPSA) is 263 Å². The molecule has 0 radical (unpaired) electrons. The molecule has 8 rings (SSSR count). The fraction of sp³-hybridized carbons (Fsp3) is 0.931. The summed E-state index contributed by atoms with van der Waals surface area (Å²) in [5.41, 5.74) is 10.2. The van der Waals surface area contributed by atoms with Gasteiger partial charge in [-0.25, -0.2) is 14.4 Å². The molecule has 0 aliphatic carbocycles. The summed E-state index contributed by atoms with van der Waals surface area (Å²) in [5, 5.41) is 31.0. The van der Waals surface area contributed by atoms with Crippen LogP contribution in [0.1, 0.15) is 137 Å². The molecule has 0 saturated carbocycles. The van der Waals surface area contributed by atoms with Crippen molar-refractivity contribution < 1.29 is 33.7 Å². The molecular formula is C58H126BCl4N15O7. The summed E-state index contributed by atoms with van der Waals surface area (Å²) in [6.07, 6.45) is 18.4. The van der Waals surface area contributed by atoms with E-state index in [4.69, 9.17) is 49.2 Å². The number of likely N-dealkylation sites (tertiary alicyclic amines) is 4. The number of Topliss-reactive ketones (excluding diaryl/α,β-unsaturated/α-hetero) is 1. The number of ether oxygens (including phenoxy) is 2. The summed E-state index contributed by atoms with van der Waals surface area (Å²) in [5.74, 6) is 0.420. The zero-order valence-corrected chi connectivity index (χ0v) is 56.6. The van der Waals surface area contributed by atoms with Crippen LogP contribution >= 0.6 is 48.0 Å². The molecule has 0 atom stereocenters. The minimum atomic E-state index is -0.424. The molecule has 8 saturated heterocycles. The van der Waals surface area contributed by atoms with Gasteiger partial charge in [0.1, 0.15) is 11.4 Å². The Bertz CT molecular complexity index is 1560. The van der Waals surface area contributed by atoms with Crippen molar-refractivity contribution in [3.63, 3.8) is 0 Å². The van der Waals surface area contributed by atoms with E-state index < -0.39 is 5.60 Å². The van der Waals surface area contributed by atoms with Gasteiger partial charge in [-0.2, -0.15) is 0 Å². The first-order chi connectivity index (χ1) is 39.3. The van der Waals surface area contributed by atoms with E-state index in [1.54, 1.807) is 6.82 Å². The van der Waals surface area contributed by atoms with E-state index in [0.717, 1.165) is 182 Å². The van der Waals surface area contributed by atoms with Crippen LogP contribution in [0, 0.1) is 0 Å². The van der Waals surface area contributed by atoms with E-state index in [-0.39, 0.29) is 62.8 Å². The molecule has 8 heterocycles. The van der Waals surface area contributed by atoms with E-state index in [1.165, 1.54) is 64.7 Å². The number of carbonyl (C=O) groups is 4. The Morgan fingerprint density at radius 2 is 1.02 bits per heavy atom. The van der Waals surface area contributed by atoms with Gasteiger partial charge in [-0.1, -0.05) is 7.43 Å². The van der Waals surface area contributed by atoms with Gasteiger partial charge < -0.3 is 92.5 Å². The molecule has 22 nitrogen and oxygen atoms in total. The van der Waals surface area contributed by atoms with Gasteiger partial charge in [0, 0.05) is 96.0 Å². The maximum Gasteiger partial charge on any atom is 0.407 e. The highest BCUT2D eigenvalue weighted by Crippen LogP contribution is 2.18. The highest BCUT2D eigenvalue weighted by Gasteiger charge is 2.29. The summed E-state index contributed by atoms with van der Waals surface area (Å²) in [7, 11) is 8.19. The quantitative estimate of drug-likeness (QED) is 0.0569. The van der Waals surface area contributed by atoms with Gasteiger partial charge in [-0.15, -0.1) is 48.0 Å². The van der Waals surface area contributed by atoms with Crippen LogP contribution in [0.2, 0.25) is 6.82 Å². The lowest BCUT2D eigenvalue weighted by Gasteiger charge is -2.39. The van der Waals surface area contributed by atoms with Gasteiger partial charge in [0.25, 0.3) is 0 Å². The zero-order chi connectivity index (χ0) is 60.8. The number of piperidine rings is 5. The number of nitrogens with zero attached hydrogens (tertiary/aromatic N) is 6. The first kappa shape index (κ1) is 87.4. The SMILES string of the molecule is C.C1CCOC1.CB(O)NCCCNC1CCN(C)CC1.CC(C)(C)OC(=O)NCCCN.CN1CCC(=O)CC1.CN1CCC(N2CCCNC2=O)CC1.CN1CCC(NCCCN)CC1.Cl.Cl.ClCCl.O=C1NCCCN1C1CCNCC1. The summed E-state index contributed by atoms with van der Waals surface area (Å²) < 4.78 is 9.94. The molecule has 8 aliphatic heterocycles. The molecule has 27 heteroatoms. The summed E-state index contributed by atoms with van der Waals surface area (Å²) in [6.45, 7) is 29.0. The first-order valence-electron chi connectivity index (χ1n) is 31.3. The van der Waals surface area contributed by atoms with Gasteiger partial charge in [0.2, 0.25) is 0 Å². The molecule has 0 unspecified atom stereocenters. The van der Waals surface area contributed by atoms with E-state index in [1.807, 2.05) is 37.6 Å². The number of carbonyl (C=O) groups excluding carboxylic acids is 4. The lowest BCUT2D eigenvalue weighted by Crippen LogP contribution is -2.53. The molecule has 0 aromatic rings. The first-order valence-corrected chi connectivity index (χ1v) is 32.4. The Balaban J connectivity index is -0.000000923. The largest absolute Gasteiger partial charge is 0.444 e. The second-order valence-electron chi connectivity index (χ2n) is 23.6. The number of alkyl halides is 2. The fourth-order valence-electron chi connectivity index (χ4n) is 9.94. The van der Waals surface area contributed by atoms with Crippen molar-refractivity contribution in [3.05, 3.63) is 0 Å². The molecule has 8 fully saturated rings. The Morgan fingerprint density at radius 1 is 0.624 bits per heavy atom. The minimum Gasteiger partial charge on any atom is -0.444 e. The Morgan fingerprint density at radius 3 is 1.40 bits per heavy atom. The number of urea groups is 2. The monoisotopic (exact) mass is 1300 g/mol. The van der Waals surface area contributed by atoms with Crippen LogP contribution < -0.4 is 48.6 Å². The van der Waals surface area contributed by atoms with Gasteiger partial charge in [0.05, 0.1) is 5.34 Å². The van der Waals surface area contributed by atoms with Crippen LogP contribution in [0.3, 0.4) is 0 Å². The van der Waals surface area contributed by atoms with Crippen molar-refractivity contribution in [3.8, 4) is 0 Å². The number of nitrogens with two attached hydrogens (primary N) is 2. The number of amides is 5. The third-order valence-electron chi connectivity index (χ3n) is 15.0. The summed E-state index contributed by atoms with van der Waals surface area (Å²) in [6, 6.07) is 2.68. The van der Waals surface area contributed by atoms with Crippen LogP contribution in [0.15, 0.2) is 0 Å². The lowest BCUT2D eigenvalue weighted by molar-refractivity contribution is -0.121. The second kappa shape index (κ2) is 56.2. The van der Waals surface area contributed by atoms with Gasteiger partial charge in [-0.3, -0.25) is 4.79 Å². The highest BCUT2D eigenvalue weighted by molar-refractivity contribution is 6.45. The molecule has 0 spiro atoms. The van der Waals surface area contributed by atoms with E-state index in [9.17, 15) is 19.2 Å². The van der Waals surface area contributed by atoms with Crippen molar-refractivity contribution in [1.29, 1.82) is 0 Å². The van der Waals surface area contributed by atoms with Gasteiger partial charge in [0.15, 0.2) is 0 Å². The standard InChI is InChI=1S/C10H24BN3O.C10H19N3O.C9H17N3O.C9H21N3.C8H18N2O2.C6H11NO.C4H8O.CH2Cl2.CH4.2ClH/c1-11(15)13-7-3-6-12-10-4-8-14(2)9-5-10;1-12-7-3-9(4-8-12)13-6-2-5-11-10(13)14;13-9-11-4-1-7-12(9)8-2-5-10-6-3-8;1-12-7-3-9(4-8-12)11-6-2-5-10;1-8(2,3)12-7(11)10-6-4-5-9;1-7-4-2-6(8)3-5-7;1-2-4-5-3-1;2-1-3;;;/h10,12-13,15H,3-9H2,1-2H3;9H,2-8H2,1H3,(H,11,14);8,10H,1-7H2,(H,11,13);9,11H,2-8,10H2,1H3;4-6,9H2,1-3H3,(H,10,11);2-5H2,1H3;1-4H2;1H2;1H4;2*1H. The number of nitrogens with one attached hydrogen (secondary N) is 7. The van der Waals surface area contributed by atoms with Crippen LogP contribution in [0.5, 0.6) is 0 Å². The molecule has 0 aromatic carbocycles. The second-order valence-corrected chi connectivity index (χ2v) is 24.4. The lowest BCUT2D eigenvalue weighted by atomic mass is 9.89. The number of alkyl carbamates (subject to hydrolysis) is 1. The smallest absolute Gasteiger partial charge is 0.407 e. The van der Waals surface area contributed by atoms with Crippen molar-refractivity contribution in [2.75, 3.05) is 178 Å². The molecule has 85 heavy (non-hydrogen) atoms. The average Bonchev–Trinajstić information content (AvgIpc) is 4.22.